The maximum absolute atomic E-state index is 12.1. The second-order valence-electron chi connectivity index (χ2n) is 5.68. The van der Waals surface area contributed by atoms with Crippen LogP contribution in [0.4, 0.5) is 0 Å². The molecule has 2 aromatic carbocycles. The lowest BCUT2D eigenvalue weighted by molar-refractivity contribution is -0.119. The molecule has 0 spiro atoms. The van der Waals surface area contributed by atoms with Crippen molar-refractivity contribution in [3.63, 3.8) is 0 Å². The maximum atomic E-state index is 12.1. The minimum absolute atomic E-state index is 0.0307. The number of nitrogens with one attached hydrogen (secondary N) is 1. The van der Waals surface area contributed by atoms with E-state index in [-0.39, 0.29) is 11.9 Å². The second kappa shape index (κ2) is 7.50. The van der Waals surface area contributed by atoms with E-state index in [0.29, 0.717) is 5.75 Å². The van der Waals surface area contributed by atoms with Gasteiger partial charge in [-0.2, -0.15) is 0 Å². The van der Waals surface area contributed by atoms with Crippen LogP contribution in [0.2, 0.25) is 0 Å². The number of carbonyl (C=O) groups excluding carboxylic acids is 1. The molecule has 3 heteroatoms. The quantitative estimate of drug-likeness (QED) is 0.819. The number of benzene rings is 2. The first-order valence-electron chi connectivity index (χ1n) is 7.52. The Labute approximate surface area is 137 Å². The van der Waals surface area contributed by atoms with Gasteiger partial charge >= 0.3 is 0 Å². The molecule has 0 bridgehead atoms. The van der Waals surface area contributed by atoms with E-state index in [1.54, 1.807) is 11.8 Å². The van der Waals surface area contributed by atoms with Crippen molar-refractivity contribution in [2.75, 3.05) is 5.75 Å². The van der Waals surface area contributed by atoms with E-state index < -0.39 is 0 Å². The summed E-state index contributed by atoms with van der Waals surface area (Å²) >= 11 is 1.56. The van der Waals surface area contributed by atoms with Crippen molar-refractivity contribution in [2.45, 2.75) is 38.6 Å². The van der Waals surface area contributed by atoms with Crippen LogP contribution in [0.25, 0.3) is 0 Å². The first kappa shape index (κ1) is 16.6. The molecule has 0 saturated heterocycles. The molecular weight excluding hydrogens is 290 g/mol. The Morgan fingerprint density at radius 2 is 1.68 bits per heavy atom. The molecule has 1 amide bonds. The van der Waals surface area contributed by atoms with Crippen molar-refractivity contribution < 1.29 is 4.79 Å². The molecule has 1 N–H and O–H groups in total. The average Bonchev–Trinajstić information content (AvgIpc) is 2.50. The van der Waals surface area contributed by atoms with Gasteiger partial charge in [0.15, 0.2) is 0 Å². The molecule has 22 heavy (non-hydrogen) atoms. The van der Waals surface area contributed by atoms with Crippen LogP contribution >= 0.6 is 11.8 Å². The highest BCUT2D eigenvalue weighted by Crippen LogP contribution is 2.22. The van der Waals surface area contributed by atoms with Crippen molar-refractivity contribution in [3.8, 4) is 0 Å². The summed E-state index contributed by atoms with van der Waals surface area (Å²) in [6.45, 7) is 8.37. The highest BCUT2D eigenvalue weighted by molar-refractivity contribution is 8.00. The van der Waals surface area contributed by atoms with Gasteiger partial charge in [-0.05, 0) is 62.1 Å². The first-order chi connectivity index (χ1) is 10.5. The zero-order chi connectivity index (χ0) is 16.1. The van der Waals surface area contributed by atoms with Gasteiger partial charge in [-0.25, -0.2) is 0 Å². The maximum Gasteiger partial charge on any atom is 0.230 e. The van der Waals surface area contributed by atoms with Crippen LogP contribution in [-0.2, 0) is 4.79 Å². The van der Waals surface area contributed by atoms with Crippen LogP contribution in [0.15, 0.2) is 47.4 Å². The van der Waals surface area contributed by atoms with Gasteiger partial charge in [0.25, 0.3) is 0 Å². The molecule has 0 saturated carbocycles. The minimum atomic E-state index is 0.0307. The lowest BCUT2D eigenvalue weighted by Gasteiger charge is -2.18. The van der Waals surface area contributed by atoms with E-state index in [4.69, 9.17) is 0 Å². The highest BCUT2D eigenvalue weighted by atomic mass is 32.2. The van der Waals surface area contributed by atoms with Crippen molar-refractivity contribution in [1.82, 2.24) is 5.32 Å². The van der Waals surface area contributed by atoms with Gasteiger partial charge in [-0.15, -0.1) is 11.8 Å². The summed E-state index contributed by atoms with van der Waals surface area (Å²) in [5.41, 5.74) is 4.98. The molecule has 0 aromatic heterocycles. The van der Waals surface area contributed by atoms with Gasteiger partial charge in [-0.3, -0.25) is 4.79 Å². The molecule has 2 nitrogen and oxygen atoms in total. The van der Waals surface area contributed by atoms with Crippen molar-refractivity contribution in [1.29, 1.82) is 0 Å². The number of rotatable bonds is 5. The standard InChI is InChI=1S/C19H23NOS/c1-13-10-15(3)18(11-14(13)2)16(4)20-19(21)12-22-17-8-6-5-7-9-17/h5-11,16H,12H2,1-4H3,(H,20,21)/t16-/m0/s1. The predicted molar refractivity (Wildman–Crippen MR) is 94.4 cm³/mol. The van der Waals surface area contributed by atoms with Crippen molar-refractivity contribution >= 4 is 17.7 Å². The van der Waals surface area contributed by atoms with Gasteiger partial charge in [0.1, 0.15) is 0 Å². The third-order valence-corrected chi connectivity index (χ3v) is 4.85. The normalized spacial score (nSPS) is 12.0. The van der Waals surface area contributed by atoms with E-state index in [2.05, 4.69) is 38.2 Å². The Hall–Kier alpha value is -1.74. The Morgan fingerprint density at radius 3 is 2.36 bits per heavy atom. The van der Waals surface area contributed by atoms with Crippen LogP contribution in [0, 0.1) is 20.8 Å². The van der Waals surface area contributed by atoms with E-state index in [1.807, 2.05) is 37.3 Å². The summed E-state index contributed by atoms with van der Waals surface area (Å²) < 4.78 is 0. The topological polar surface area (TPSA) is 29.1 Å². The lowest BCUT2D eigenvalue weighted by Crippen LogP contribution is -2.28. The van der Waals surface area contributed by atoms with Gasteiger partial charge in [-0.1, -0.05) is 30.3 Å². The van der Waals surface area contributed by atoms with Gasteiger partial charge < -0.3 is 5.32 Å². The molecule has 0 aliphatic carbocycles. The Morgan fingerprint density at radius 1 is 1.05 bits per heavy atom. The molecule has 0 fully saturated rings. The first-order valence-corrected chi connectivity index (χ1v) is 8.51. The second-order valence-corrected chi connectivity index (χ2v) is 6.73. The van der Waals surface area contributed by atoms with Gasteiger partial charge in [0.05, 0.1) is 11.8 Å². The Balaban J connectivity index is 1.95. The number of carbonyl (C=O) groups is 1. The van der Waals surface area contributed by atoms with Crippen LogP contribution in [0.3, 0.4) is 0 Å². The number of hydrogen-bond acceptors (Lipinski definition) is 2. The van der Waals surface area contributed by atoms with E-state index in [1.165, 1.54) is 22.3 Å². The van der Waals surface area contributed by atoms with E-state index in [9.17, 15) is 4.79 Å². The monoisotopic (exact) mass is 313 g/mol. The van der Waals surface area contributed by atoms with Crippen LogP contribution in [0.5, 0.6) is 0 Å². The summed E-state index contributed by atoms with van der Waals surface area (Å²) in [4.78, 5) is 13.2. The summed E-state index contributed by atoms with van der Waals surface area (Å²) in [5, 5.41) is 3.09. The predicted octanol–water partition coefficient (Wildman–Crippen LogP) is 4.58. The number of thioether (sulfide) groups is 1. The largest absolute Gasteiger partial charge is 0.349 e. The van der Waals surface area contributed by atoms with E-state index >= 15 is 0 Å². The molecular formula is C19H23NOS. The number of aryl methyl sites for hydroxylation is 3. The van der Waals surface area contributed by atoms with Crippen LogP contribution in [0.1, 0.15) is 35.2 Å². The molecule has 2 rings (SSSR count). The number of amides is 1. The Bertz CT molecular complexity index is 652. The molecule has 0 unspecified atom stereocenters. The molecule has 116 valence electrons. The highest BCUT2D eigenvalue weighted by Gasteiger charge is 2.13. The third kappa shape index (κ3) is 4.38. The summed E-state index contributed by atoms with van der Waals surface area (Å²) in [6.07, 6.45) is 0. The Kier molecular flexibility index (Phi) is 5.67. The third-order valence-electron chi connectivity index (χ3n) is 3.84. The zero-order valence-corrected chi connectivity index (χ0v) is 14.5. The molecule has 0 radical (unpaired) electrons. The molecule has 2 aromatic rings. The van der Waals surface area contributed by atoms with Crippen LogP contribution < -0.4 is 5.32 Å². The van der Waals surface area contributed by atoms with Crippen molar-refractivity contribution in [2.24, 2.45) is 0 Å². The number of hydrogen-bond donors (Lipinski definition) is 1. The minimum Gasteiger partial charge on any atom is -0.349 e. The zero-order valence-electron chi connectivity index (χ0n) is 13.6. The SMILES string of the molecule is Cc1cc(C)c([C@H](C)NC(=O)CSc2ccccc2)cc1C. The van der Waals surface area contributed by atoms with Gasteiger partial charge in [0, 0.05) is 4.90 Å². The fourth-order valence-electron chi connectivity index (χ4n) is 2.48. The molecule has 0 aliphatic rings. The van der Waals surface area contributed by atoms with E-state index in [0.717, 1.165) is 4.90 Å². The van der Waals surface area contributed by atoms with Crippen molar-refractivity contribution in [3.05, 3.63) is 64.7 Å². The fraction of sp³-hybridized carbons (Fsp3) is 0.316. The smallest absolute Gasteiger partial charge is 0.230 e. The summed E-state index contributed by atoms with van der Waals surface area (Å²) in [6, 6.07) is 14.4. The van der Waals surface area contributed by atoms with Crippen LogP contribution in [-0.4, -0.2) is 11.7 Å². The fourth-order valence-corrected chi connectivity index (χ4v) is 3.21. The summed E-state index contributed by atoms with van der Waals surface area (Å²) in [7, 11) is 0. The van der Waals surface area contributed by atoms with Gasteiger partial charge in [0.2, 0.25) is 5.91 Å². The lowest BCUT2D eigenvalue weighted by atomic mass is 9.96. The molecule has 0 heterocycles. The average molecular weight is 313 g/mol. The summed E-state index contributed by atoms with van der Waals surface area (Å²) in [5.74, 6) is 0.511. The molecule has 1 atom stereocenters. The molecule has 0 aliphatic heterocycles.